The van der Waals surface area contributed by atoms with Gasteiger partial charge in [0.25, 0.3) is 0 Å². The van der Waals surface area contributed by atoms with Gasteiger partial charge in [-0.05, 0) is 48.2 Å². The Labute approximate surface area is 162 Å². The Bertz CT molecular complexity index is 436. The first-order valence-corrected chi connectivity index (χ1v) is 12.6. The largest absolute Gasteiger partial charge is 0.339 e. The van der Waals surface area contributed by atoms with Crippen LogP contribution in [0, 0.1) is 0 Å². The summed E-state index contributed by atoms with van der Waals surface area (Å²) in [6.07, 6.45) is 17.0. The topological polar surface area (TPSA) is 27.7 Å². The highest BCUT2D eigenvalue weighted by atomic mass is 31.1. The van der Waals surface area contributed by atoms with Crippen LogP contribution in [0.15, 0.2) is 0 Å². The minimum atomic E-state index is -0.453. The lowest BCUT2D eigenvalue weighted by Gasteiger charge is -2.69. The first-order chi connectivity index (χ1) is 12.2. The average molecular weight is 385 g/mol. The fraction of sp³-hybridized carbons (Fsp3) is 1.00. The predicted octanol–water partition coefficient (Wildman–Crippen LogP) is 7.12. The highest BCUT2D eigenvalue weighted by Gasteiger charge is 2.70. The number of rotatable bonds is 11. The van der Waals surface area contributed by atoms with Crippen LogP contribution in [0.25, 0.3) is 0 Å². The van der Waals surface area contributed by atoms with Crippen LogP contribution >= 0.6 is 7.92 Å². The maximum Gasteiger partial charge on any atom is 0.173 e. The molecular weight excluding hydrogens is 343 g/mol. The summed E-state index contributed by atoms with van der Waals surface area (Å²) in [5.41, 5.74) is 0. The van der Waals surface area contributed by atoms with Crippen LogP contribution in [0.2, 0.25) is 0 Å². The number of ether oxygens (including phenoxy) is 3. The lowest BCUT2D eigenvalue weighted by Crippen LogP contribution is -2.71. The third kappa shape index (κ3) is 4.48. The second kappa shape index (κ2) is 7.97. The molecule has 0 aromatic carbocycles. The van der Waals surface area contributed by atoms with Crippen LogP contribution in [0.5, 0.6) is 0 Å². The van der Waals surface area contributed by atoms with E-state index in [2.05, 4.69) is 34.6 Å². The molecule has 4 aliphatic rings. The highest BCUT2D eigenvalue weighted by Crippen LogP contribution is 2.76. The quantitative estimate of drug-likeness (QED) is 0.280. The van der Waals surface area contributed by atoms with Crippen LogP contribution in [0.3, 0.4) is 0 Å². The molecule has 152 valence electrons. The maximum atomic E-state index is 6.51. The van der Waals surface area contributed by atoms with Gasteiger partial charge in [0.05, 0.1) is 10.7 Å². The molecule has 4 heteroatoms. The Morgan fingerprint density at radius 3 is 1.50 bits per heavy atom. The predicted molar refractivity (Wildman–Crippen MR) is 110 cm³/mol. The van der Waals surface area contributed by atoms with Gasteiger partial charge < -0.3 is 14.2 Å². The van der Waals surface area contributed by atoms with Crippen molar-refractivity contribution in [3.8, 4) is 0 Å². The van der Waals surface area contributed by atoms with Crippen molar-refractivity contribution in [3.05, 3.63) is 0 Å². The van der Waals surface area contributed by atoms with Gasteiger partial charge in [0.2, 0.25) is 0 Å². The lowest BCUT2D eigenvalue weighted by molar-refractivity contribution is -0.468. The van der Waals surface area contributed by atoms with Gasteiger partial charge in [-0.15, -0.1) is 0 Å². The molecule has 4 aliphatic heterocycles. The second-order valence-corrected chi connectivity index (χ2v) is 12.8. The van der Waals surface area contributed by atoms with E-state index in [0.717, 1.165) is 12.8 Å². The number of unbranched alkanes of at least 4 members (excludes halogenated alkanes) is 9. The van der Waals surface area contributed by atoms with Gasteiger partial charge in [0.1, 0.15) is 0 Å². The van der Waals surface area contributed by atoms with Crippen LogP contribution in [0.4, 0.5) is 0 Å². The molecule has 4 bridgehead atoms. The van der Waals surface area contributed by atoms with Gasteiger partial charge in [-0.2, -0.15) is 0 Å². The van der Waals surface area contributed by atoms with Crippen molar-refractivity contribution >= 4 is 7.92 Å². The van der Waals surface area contributed by atoms with Crippen molar-refractivity contribution in [2.24, 2.45) is 0 Å². The minimum absolute atomic E-state index is 0.0401. The molecule has 0 aromatic heterocycles. The Kier molecular flexibility index (Phi) is 6.45. The first kappa shape index (κ1) is 21.0. The molecule has 3 nitrogen and oxygen atoms in total. The van der Waals surface area contributed by atoms with Crippen molar-refractivity contribution in [1.82, 2.24) is 0 Å². The fourth-order valence-corrected chi connectivity index (χ4v) is 9.92. The molecular formula is C22H41O3P. The van der Waals surface area contributed by atoms with E-state index >= 15 is 0 Å². The third-order valence-corrected chi connectivity index (χ3v) is 10.0. The van der Waals surface area contributed by atoms with Crippen molar-refractivity contribution in [2.75, 3.05) is 6.16 Å². The van der Waals surface area contributed by atoms with E-state index in [9.17, 15) is 0 Å². The van der Waals surface area contributed by atoms with E-state index in [1.807, 2.05) is 0 Å². The molecule has 4 rings (SSSR count). The molecule has 4 atom stereocenters. The zero-order chi connectivity index (χ0) is 18.9. The molecule has 0 aromatic rings. The van der Waals surface area contributed by atoms with Crippen LogP contribution in [0.1, 0.15) is 112 Å². The maximum absolute atomic E-state index is 6.51. The molecule has 4 heterocycles. The molecule has 4 unspecified atom stereocenters. The second-order valence-electron chi connectivity index (χ2n) is 9.61. The summed E-state index contributed by atoms with van der Waals surface area (Å²) >= 11 is 0. The summed E-state index contributed by atoms with van der Waals surface area (Å²) in [6, 6.07) is 0. The zero-order valence-corrected chi connectivity index (χ0v) is 18.8. The zero-order valence-electron chi connectivity index (χ0n) is 17.9. The minimum Gasteiger partial charge on any atom is -0.339 e. The Balaban J connectivity index is 1.39. The fourth-order valence-electron chi connectivity index (χ4n) is 5.87. The van der Waals surface area contributed by atoms with E-state index in [0.29, 0.717) is 0 Å². The van der Waals surface area contributed by atoms with Gasteiger partial charge in [0.15, 0.2) is 11.6 Å². The van der Waals surface area contributed by atoms with E-state index in [1.165, 1.54) is 70.4 Å². The monoisotopic (exact) mass is 384 g/mol. The van der Waals surface area contributed by atoms with Gasteiger partial charge in [0, 0.05) is 12.8 Å². The Morgan fingerprint density at radius 1 is 0.615 bits per heavy atom. The molecule has 26 heavy (non-hydrogen) atoms. The third-order valence-electron chi connectivity index (χ3n) is 6.48. The normalized spacial score (nSPS) is 44.0. The molecule has 0 N–H and O–H groups in total. The first-order valence-electron chi connectivity index (χ1n) is 11.1. The molecule has 0 aliphatic carbocycles. The van der Waals surface area contributed by atoms with Crippen LogP contribution in [-0.4, -0.2) is 28.4 Å². The summed E-state index contributed by atoms with van der Waals surface area (Å²) in [6.45, 7) is 11.2. The van der Waals surface area contributed by atoms with Gasteiger partial charge in [-0.1, -0.05) is 64.7 Å². The van der Waals surface area contributed by atoms with Crippen molar-refractivity contribution in [2.45, 2.75) is 134 Å². The van der Waals surface area contributed by atoms with Gasteiger partial charge >= 0.3 is 0 Å². The van der Waals surface area contributed by atoms with Gasteiger partial charge in [-0.3, -0.25) is 0 Å². The molecule has 0 radical (unpaired) electrons. The Hall–Kier alpha value is 0.310. The molecule has 4 saturated heterocycles. The standard InChI is InChI=1S/C22H41O3P/c1-6-7-8-9-10-11-12-13-14-15-16-26-21(4)17-19(2)23-20(3,25-21)18-22(26,5)24-19/h6-18H2,1-5H3. The van der Waals surface area contributed by atoms with Gasteiger partial charge in [-0.25, -0.2) is 0 Å². The van der Waals surface area contributed by atoms with Crippen LogP contribution in [-0.2, 0) is 14.2 Å². The average Bonchev–Trinajstić information content (AvgIpc) is 2.47. The summed E-state index contributed by atoms with van der Waals surface area (Å²) < 4.78 is 19.2. The molecule has 4 fully saturated rings. The van der Waals surface area contributed by atoms with E-state index in [1.54, 1.807) is 0 Å². The number of hydrogen-bond donors (Lipinski definition) is 0. The smallest absolute Gasteiger partial charge is 0.173 e. The Morgan fingerprint density at radius 2 is 1.04 bits per heavy atom. The summed E-state index contributed by atoms with van der Waals surface area (Å²) in [4.78, 5) is 0. The SMILES string of the molecule is CCCCCCCCCCCCP1C2(C)CC3(C)OC(C)(CC1(C)O3)O2. The summed E-state index contributed by atoms with van der Waals surface area (Å²) in [5.74, 6) is -0.906. The van der Waals surface area contributed by atoms with E-state index in [-0.39, 0.29) is 18.6 Å². The van der Waals surface area contributed by atoms with Crippen molar-refractivity contribution in [1.29, 1.82) is 0 Å². The van der Waals surface area contributed by atoms with Crippen molar-refractivity contribution < 1.29 is 14.2 Å². The highest BCUT2D eigenvalue weighted by molar-refractivity contribution is 7.60. The molecule has 0 spiro atoms. The summed E-state index contributed by atoms with van der Waals surface area (Å²) in [7, 11) is -0.293. The summed E-state index contributed by atoms with van der Waals surface area (Å²) in [5, 5.41) is -0.0801. The van der Waals surface area contributed by atoms with E-state index in [4.69, 9.17) is 14.2 Å². The lowest BCUT2D eigenvalue weighted by atomic mass is 9.98. The van der Waals surface area contributed by atoms with Crippen LogP contribution < -0.4 is 0 Å². The number of hydrogen-bond acceptors (Lipinski definition) is 3. The van der Waals surface area contributed by atoms with Crippen molar-refractivity contribution in [3.63, 3.8) is 0 Å². The van der Waals surface area contributed by atoms with E-state index < -0.39 is 11.6 Å². The molecule has 0 amide bonds. The molecule has 0 saturated carbocycles.